The van der Waals surface area contributed by atoms with Crippen LogP contribution in [0.2, 0.25) is 0 Å². The van der Waals surface area contributed by atoms with Crippen molar-refractivity contribution in [3.8, 4) is 0 Å². The van der Waals surface area contributed by atoms with Crippen molar-refractivity contribution in [2.45, 2.75) is 13.5 Å². The Labute approximate surface area is 113 Å². The average molecular weight is 275 g/mol. The van der Waals surface area contributed by atoms with Gasteiger partial charge < -0.3 is 5.32 Å². The molecule has 0 aliphatic rings. The number of H-pyrrole nitrogens is 1. The Hall–Kier alpha value is -2.19. The van der Waals surface area contributed by atoms with Crippen molar-refractivity contribution < 1.29 is 0 Å². The van der Waals surface area contributed by atoms with Gasteiger partial charge in [0.2, 0.25) is 5.95 Å². The summed E-state index contributed by atoms with van der Waals surface area (Å²) in [4.78, 5) is 9.76. The van der Waals surface area contributed by atoms with Gasteiger partial charge in [-0.1, -0.05) is 0 Å². The van der Waals surface area contributed by atoms with Gasteiger partial charge in [-0.3, -0.25) is 10.5 Å². The number of rotatable bonds is 4. The fourth-order valence-corrected chi connectivity index (χ4v) is 2.63. The van der Waals surface area contributed by atoms with E-state index in [1.165, 1.54) is 10.4 Å². The van der Waals surface area contributed by atoms with Crippen LogP contribution in [-0.2, 0) is 6.54 Å². The molecule has 0 amide bonds. The maximum atomic E-state index is 5.36. The first kappa shape index (κ1) is 11.9. The molecule has 0 saturated carbocycles. The molecule has 8 heteroatoms. The molecule has 0 radical (unpaired) electrons. The van der Waals surface area contributed by atoms with Crippen molar-refractivity contribution in [3.05, 3.63) is 28.1 Å². The number of anilines is 2. The van der Waals surface area contributed by atoms with E-state index >= 15 is 0 Å². The van der Waals surface area contributed by atoms with Gasteiger partial charge in [0.05, 0.1) is 18.1 Å². The summed E-state index contributed by atoms with van der Waals surface area (Å²) < 4.78 is 0. The first-order chi connectivity index (χ1) is 9.28. The number of nitrogens with zero attached hydrogens (tertiary/aromatic N) is 3. The highest BCUT2D eigenvalue weighted by Gasteiger charge is 2.09. The molecule has 0 spiro atoms. The van der Waals surface area contributed by atoms with Gasteiger partial charge in [-0.05, 0) is 23.9 Å². The summed E-state index contributed by atoms with van der Waals surface area (Å²) in [6.07, 6.45) is 1.69. The van der Waals surface area contributed by atoms with Gasteiger partial charge in [0.15, 0.2) is 5.65 Å². The first-order valence-corrected chi connectivity index (χ1v) is 6.60. The largest absolute Gasteiger partial charge is 0.364 e. The van der Waals surface area contributed by atoms with E-state index in [1.807, 2.05) is 0 Å². The third-order valence-corrected chi connectivity index (χ3v) is 3.85. The molecular weight excluding hydrogens is 262 g/mol. The second-order valence-electron chi connectivity index (χ2n) is 4.05. The van der Waals surface area contributed by atoms with Gasteiger partial charge >= 0.3 is 0 Å². The van der Waals surface area contributed by atoms with Crippen molar-refractivity contribution in [3.63, 3.8) is 0 Å². The molecule has 0 bridgehead atoms. The summed E-state index contributed by atoms with van der Waals surface area (Å²) in [6, 6.07) is 2.10. The molecule has 0 fully saturated rings. The third kappa shape index (κ3) is 2.23. The van der Waals surface area contributed by atoms with Crippen LogP contribution in [0.4, 0.5) is 11.8 Å². The van der Waals surface area contributed by atoms with Crippen LogP contribution in [0.25, 0.3) is 11.0 Å². The number of fused-ring (bicyclic) bond motifs is 1. The summed E-state index contributed by atoms with van der Waals surface area (Å²) in [5, 5.41) is 13.0. The van der Waals surface area contributed by atoms with Crippen molar-refractivity contribution in [2.24, 2.45) is 5.84 Å². The molecule has 0 aliphatic carbocycles. The highest BCUT2D eigenvalue weighted by Crippen LogP contribution is 2.22. The van der Waals surface area contributed by atoms with Crippen molar-refractivity contribution >= 4 is 34.1 Å². The number of aryl methyl sites for hydroxylation is 1. The highest BCUT2D eigenvalue weighted by atomic mass is 32.1. The number of thiophene rings is 1. The second kappa shape index (κ2) is 4.82. The lowest BCUT2D eigenvalue weighted by Crippen LogP contribution is -2.12. The van der Waals surface area contributed by atoms with E-state index in [9.17, 15) is 0 Å². The van der Waals surface area contributed by atoms with Crippen LogP contribution in [-0.4, -0.2) is 20.2 Å². The van der Waals surface area contributed by atoms with E-state index in [0.717, 1.165) is 5.39 Å². The zero-order valence-electron chi connectivity index (χ0n) is 10.3. The Bertz CT molecular complexity index is 702. The Morgan fingerprint density at radius 3 is 3.05 bits per heavy atom. The van der Waals surface area contributed by atoms with E-state index in [2.05, 4.69) is 49.3 Å². The Balaban J connectivity index is 1.91. The van der Waals surface area contributed by atoms with Crippen molar-refractivity contribution in [1.82, 2.24) is 20.2 Å². The number of nitrogens with two attached hydrogens (primary N) is 1. The summed E-state index contributed by atoms with van der Waals surface area (Å²) >= 11 is 1.72. The van der Waals surface area contributed by atoms with Gasteiger partial charge in [0, 0.05) is 4.88 Å². The van der Waals surface area contributed by atoms with E-state index < -0.39 is 0 Å². The van der Waals surface area contributed by atoms with Gasteiger partial charge in [0.25, 0.3) is 0 Å². The molecule has 98 valence electrons. The first-order valence-electron chi connectivity index (χ1n) is 5.72. The predicted octanol–water partition coefficient (Wildman–Crippen LogP) is 1.62. The molecular formula is C11H13N7S. The Kier molecular flexibility index (Phi) is 3.02. The van der Waals surface area contributed by atoms with Crippen LogP contribution in [0.15, 0.2) is 17.6 Å². The van der Waals surface area contributed by atoms with Gasteiger partial charge in [-0.25, -0.2) is 5.84 Å². The topological polar surface area (TPSA) is 105 Å². The van der Waals surface area contributed by atoms with Crippen LogP contribution in [0, 0.1) is 6.92 Å². The molecule has 3 rings (SSSR count). The molecule has 19 heavy (non-hydrogen) atoms. The second-order valence-corrected chi connectivity index (χ2v) is 5.05. The van der Waals surface area contributed by atoms with Crippen LogP contribution < -0.4 is 16.6 Å². The smallest absolute Gasteiger partial charge is 0.241 e. The molecule has 3 heterocycles. The fourth-order valence-electron chi connectivity index (χ4n) is 1.78. The monoisotopic (exact) mass is 275 g/mol. The summed E-state index contributed by atoms with van der Waals surface area (Å²) in [7, 11) is 0. The van der Waals surface area contributed by atoms with Gasteiger partial charge in [-0.2, -0.15) is 15.1 Å². The lowest BCUT2D eigenvalue weighted by molar-refractivity contribution is 1.07. The Morgan fingerprint density at radius 1 is 1.42 bits per heavy atom. The van der Waals surface area contributed by atoms with Crippen molar-refractivity contribution in [1.29, 1.82) is 0 Å². The molecule has 7 nitrogen and oxygen atoms in total. The minimum atomic E-state index is 0.349. The SMILES string of the molecule is Cc1ccsc1CNc1nc(NN)nc2[nH]ncc12. The standard InChI is InChI=1S/C11H13N7S/c1-6-2-3-19-8(6)5-13-9-7-4-14-18-10(7)16-11(15-9)17-12/h2-4H,5,12H2,1H3,(H3,13,14,15,16,17,18). The normalized spacial score (nSPS) is 10.8. The zero-order chi connectivity index (χ0) is 13.2. The van der Waals surface area contributed by atoms with E-state index in [0.29, 0.717) is 24.0 Å². The maximum Gasteiger partial charge on any atom is 0.241 e. The number of hydrazine groups is 1. The van der Waals surface area contributed by atoms with Crippen LogP contribution in [0.5, 0.6) is 0 Å². The lowest BCUT2D eigenvalue weighted by atomic mass is 10.3. The number of hydrogen-bond acceptors (Lipinski definition) is 7. The summed E-state index contributed by atoms with van der Waals surface area (Å²) in [6.45, 7) is 2.80. The zero-order valence-corrected chi connectivity index (χ0v) is 11.1. The molecule has 0 saturated heterocycles. The quantitative estimate of drug-likeness (QED) is 0.426. The minimum absolute atomic E-state index is 0.349. The molecule has 0 atom stereocenters. The van der Waals surface area contributed by atoms with E-state index in [1.54, 1.807) is 17.5 Å². The third-order valence-electron chi connectivity index (χ3n) is 2.82. The van der Waals surface area contributed by atoms with Crippen LogP contribution in [0.3, 0.4) is 0 Å². The number of nitrogens with one attached hydrogen (secondary N) is 3. The minimum Gasteiger partial charge on any atom is -0.364 e. The van der Waals surface area contributed by atoms with E-state index in [4.69, 9.17) is 5.84 Å². The number of hydrogen-bond donors (Lipinski definition) is 4. The fraction of sp³-hybridized carbons (Fsp3) is 0.182. The molecule has 5 N–H and O–H groups in total. The van der Waals surface area contributed by atoms with Crippen molar-refractivity contribution in [2.75, 3.05) is 10.7 Å². The number of aromatic nitrogens is 4. The maximum absolute atomic E-state index is 5.36. The van der Waals surface area contributed by atoms with Gasteiger partial charge in [-0.15, -0.1) is 11.3 Å². The average Bonchev–Trinajstić information content (AvgIpc) is 3.04. The Morgan fingerprint density at radius 2 is 2.32 bits per heavy atom. The summed E-state index contributed by atoms with van der Waals surface area (Å²) in [5.74, 6) is 6.42. The molecule has 3 aromatic rings. The number of nitrogen functional groups attached to an aromatic ring is 1. The summed E-state index contributed by atoms with van der Waals surface area (Å²) in [5.41, 5.74) is 4.36. The van der Waals surface area contributed by atoms with Gasteiger partial charge in [0.1, 0.15) is 5.82 Å². The molecule has 0 aromatic carbocycles. The highest BCUT2D eigenvalue weighted by molar-refractivity contribution is 7.10. The van der Waals surface area contributed by atoms with Crippen LogP contribution >= 0.6 is 11.3 Å². The molecule has 0 aliphatic heterocycles. The van der Waals surface area contributed by atoms with E-state index in [-0.39, 0.29) is 0 Å². The molecule has 0 unspecified atom stereocenters. The molecule has 3 aromatic heterocycles. The lowest BCUT2D eigenvalue weighted by Gasteiger charge is -2.07. The number of aromatic amines is 1. The van der Waals surface area contributed by atoms with Crippen LogP contribution in [0.1, 0.15) is 10.4 Å². The predicted molar refractivity (Wildman–Crippen MR) is 75.9 cm³/mol.